The lowest BCUT2D eigenvalue weighted by Gasteiger charge is -2.37. The summed E-state index contributed by atoms with van der Waals surface area (Å²) in [7, 11) is 0. The molecule has 0 aliphatic heterocycles. The highest BCUT2D eigenvalue weighted by Gasteiger charge is 2.31. The smallest absolute Gasteiger partial charge is 0.212 e. The monoisotopic (exact) mass is 478 g/mol. The van der Waals surface area contributed by atoms with Gasteiger partial charge in [0.2, 0.25) is 0 Å². The molecule has 3 saturated carbocycles. The Balaban J connectivity index is 1.18. The Hall–Kier alpha value is -1.32. The van der Waals surface area contributed by atoms with Gasteiger partial charge in [-0.2, -0.15) is 13.2 Å². The van der Waals surface area contributed by atoms with E-state index in [9.17, 15) is 17.6 Å². The van der Waals surface area contributed by atoms with E-state index in [1.807, 2.05) is 0 Å². The number of hydrogen-bond donors (Lipinski definition) is 0. The first-order valence-electron chi connectivity index (χ1n) is 13.8. The topological polar surface area (TPSA) is 0 Å². The van der Waals surface area contributed by atoms with Gasteiger partial charge in [0.15, 0.2) is 0 Å². The molecule has 0 atom stereocenters. The van der Waals surface area contributed by atoms with Crippen LogP contribution in [0.4, 0.5) is 17.6 Å². The lowest BCUT2D eigenvalue weighted by Crippen LogP contribution is -2.25. The van der Waals surface area contributed by atoms with Crippen LogP contribution in [0.1, 0.15) is 107 Å². The zero-order valence-electron chi connectivity index (χ0n) is 20.8. The third-order valence-electron chi connectivity index (χ3n) is 9.33. The van der Waals surface area contributed by atoms with Gasteiger partial charge in [-0.3, -0.25) is 0 Å². The minimum Gasteiger partial charge on any atom is -0.212 e. The van der Waals surface area contributed by atoms with Gasteiger partial charge in [0.1, 0.15) is 5.83 Å². The fraction of sp³-hybridized carbons (Fsp3) is 0.733. The van der Waals surface area contributed by atoms with Crippen molar-refractivity contribution in [3.63, 3.8) is 0 Å². The van der Waals surface area contributed by atoms with E-state index in [0.29, 0.717) is 18.8 Å². The van der Waals surface area contributed by atoms with Crippen LogP contribution < -0.4 is 0 Å². The fourth-order valence-electron chi connectivity index (χ4n) is 7.01. The van der Waals surface area contributed by atoms with Crippen molar-refractivity contribution in [1.29, 1.82) is 0 Å². The first-order valence-corrected chi connectivity index (χ1v) is 13.8. The van der Waals surface area contributed by atoms with Crippen molar-refractivity contribution in [2.75, 3.05) is 0 Å². The maximum Gasteiger partial charge on any atom is 0.412 e. The molecule has 0 saturated heterocycles. The van der Waals surface area contributed by atoms with Crippen molar-refractivity contribution >= 4 is 0 Å². The van der Waals surface area contributed by atoms with E-state index in [1.54, 1.807) is 0 Å². The summed E-state index contributed by atoms with van der Waals surface area (Å²) >= 11 is 0. The minimum absolute atomic E-state index is 0.157. The number of halogens is 4. The van der Waals surface area contributed by atoms with Gasteiger partial charge in [0, 0.05) is 5.92 Å². The van der Waals surface area contributed by atoms with Crippen LogP contribution in [0.5, 0.6) is 0 Å². The van der Waals surface area contributed by atoms with Gasteiger partial charge in [-0.15, -0.1) is 0 Å². The average Bonchev–Trinajstić information content (AvgIpc) is 2.83. The number of aryl methyl sites for hydroxylation is 1. The van der Waals surface area contributed by atoms with E-state index in [4.69, 9.17) is 0 Å². The molecule has 0 radical (unpaired) electrons. The largest absolute Gasteiger partial charge is 0.412 e. The summed E-state index contributed by atoms with van der Waals surface area (Å²) in [5.41, 5.74) is 2.64. The van der Waals surface area contributed by atoms with E-state index < -0.39 is 17.9 Å². The maximum atomic E-state index is 13.9. The van der Waals surface area contributed by atoms with E-state index in [2.05, 4.69) is 31.2 Å². The Kier molecular flexibility index (Phi) is 8.80. The summed E-state index contributed by atoms with van der Waals surface area (Å²) in [5.74, 6) is 2.55. The SMILES string of the molecule is CC1CCC(C2CCC(CCc3ccc(C4CCC(/C(F)=C/C(F)(F)F)CC4)cc3)CC2)CC1. The van der Waals surface area contributed by atoms with Gasteiger partial charge < -0.3 is 0 Å². The number of alkyl halides is 3. The summed E-state index contributed by atoms with van der Waals surface area (Å²) in [5, 5.41) is 0. The standard InChI is InChI=1S/C30H42F4/c1-21-2-10-24(11-3-21)25-12-6-22(7-13-25)4-5-23-8-14-26(15-9-23)27-16-18-28(19-17-27)29(31)20-30(32,33)34/h8-9,14-15,20-22,24-25,27-28H,2-7,10-13,16-19H2,1H3/b29-20-. The molecule has 0 spiro atoms. The van der Waals surface area contributed by atoms with Crippen LogP contribution in [0.15, 0.2) is 36.2 Å². The highest BCUT2D eigenvalue weighted by Crippen LogP contribution is 2.43. The van der Waals surface area contributed by atoms with Crippen molar-refractivity contribution in [2.24, 2.45) is 29.6 Å². The van der Waals surface area contributed by atoms with E-state index in [-0.39, 0.29) is 6.08 Å². The van der Waals surface area contributed by atoms with E-state index in [0.717, 1.165) is 42.9 Å². The molecule has 0 heterocycles. The molecule has 4 heteroatoms. The fourth-order valence-corrected chi connectivity index (χ4v) is 7.01. The van der Waals surface area contributed by atoms with Gasteiger partial charge in [0.05, 0.1) is 6.08 Å². The molecule has 3 fully saturated rings. The van der Waals surface area contributed by atoms with Crippen LogP contribution in [-0.4, -0.2) is 6.18 Å². The summed E-state index contributed by atoms with van der Waals surface area (Å²) in [4.78, 5) is 0. The van der Waals surface area contributed by atoms with Crippen molar-refractivity contribution in [3.8, 4) is 0 Å². The molecule has 1 aromatic rings. The van der Waals surface area contributed by atoms with Crippen LogP contribution in [0.25, 0.3) is 0 Å². The van der Waals surface area contributed by atoms with Gasteiger partial charge >= 0.3 is 6.18 Å². The van der Waals surface area contributed by atoms with Crippen LogP contribution in [0.3, 0.4) is 0 Å². The molecule has 0 bridgehead atoms. The Morgan fingerprint density at radius 2 is 1.35 bits per heavy atom. The van der Waals surface area contributed by atoms with Crippen LogP contribution in [0, 0.1) is 29.6 Å². The molecular weight excluding hydrogens is 436 g/mol. The molecule has 34 heavy (non-hydrogen) atoms. The van der Waals surface area contributed by atoms with Crippen molar-refractivity contribution in [3.05, 3.63) is 47.3 Å². The number of hydrogen-bond acceptors (Lipinski definition) is 0. The zero-order valence-corrected chi connectivity index (χ0v) is 20.8. The lowest BCUT2D eigenvalue weighted by molar-refractivity contribution is -0.0820. The minimum atomic E-state index is -4.57. The van der Waals surface area contributed by atoms with Crippen molar-refractivity contribution in [1.82, 2.24) is 0 Å². The lowest BCUT2D eigenvalue weighted by atomic mass is 9.69. The van der Waals surface area contributed by atoms with Crippen molar-refractivity contribution < 1.29 is 17.6 Å². The first kappa shape index (κ1) is 25.8. The highest BCUT2D eigenvalue weighted by molar-refractivity contribution is 5.26. The maximum absolute atomic E-state index is 13.9. The number of allylic oxidation sites excluding steroid dienone is 2. The van der Waals surface area contributed by atoms with Gasteiger partial charge in [-0.05, 0) is 105 Å². The molecule has 0 aromatic heterocycles. The predicted octanol–water partition coefficient (Wildman–Crippen LogP) is 9.94. The van der Waals surface area contributed by atoms with Gasteiger partial charge in [-0.25, -0.2) is 4.39 Å². The number of rotatable bonds is 6. The second kappa shape index (κ2) is 11.6. The average molecular weight is 479 g/mol. The second-order valence-electron chi connectivity index (χ2n) is 11.7. The summed E-state index contributed by atoms with van der Waals surface area (Å²) in [6, 6.07) is 8.87. The molecule has 190 valence electrons. The van der Waals surface area contributed by atoms with E-state index >= 15 is 0 Å². The summed E-state index contributed by atoms with van der Waals surface area (Å²) in [6.07, 6.45) is 11.7. The predicted molar refractivity (Wildman–Crippen MR) is 131 cm³/mol. The quantitative estimate of drug-likeness (QED) is 0.357. The summed E-state index contributed by atoms with van der Waals surface area (Å²) in [6.45, 7) is 2.41. The third kappa shape index (κ3) is 7.34. The van der Waals surface area contributed by atoms with Crippen LogP contribution in [-0.2, 0) is 6.42 Å². The normalized spacial score (nSPS) is 33.6. The zero-order chi connectivity index (χ0) is 24.1. The molecule has 3 aliphatic rings. The molecular formula is C30H42F4. The van der Waals surface area contributed by atoms with E-state index in [1.165, 1.54) is 68.9 Å². The molecule has 4 rings (SSSR count). The highest BCUT2D eigenvalue weighted by atomic mass is 19.4. The van der Waals surface area contributed by atoms with Gasteiger partial charge in [-0.1, -0.05) is 56.9 Å². The molecule has 0 unspecified atom stereocenters. The molecule has 0 nitrogen and oxygen atoms in total. The van der Waals surface area contributed by atoms with Crippen LogP contribution in [0.2, 0.25) is 0 Å². The van der Waals surface area contributed by atoms with Crippen molar-refractivity contribution in [2.45, 2.75) is 109 Å². The third-order valence-corrected chi connectivity index (χ3v) is 9.33. The molecule has 3 aliphatic carbocycles. The molecule has 0 amide bonds. The molecule has 0 N–H and O–H groups in total. The van der Waals surface area contributed by atoms with Gasteiger partial charge in [0.25, 0.3) is 0 Å². The molecule has 1 aromatic carbocycles. The number of benzene rings is 1. The first-order chi connectivity index (χ1) is 16.3. The van der Waals surface area contributed by atoms with Crippen LogP contribution >= 0.6 is 0 Å². The Bertz CT molecular complexity index is 769. The summed E-state index contributed by atoms with van der Waals surface area (Å²) < 4.78 is 51.1. The Labute approximate surface area is 203 Å². The Morgan fingerprint density at radius 3 is 1.91 bits per heavy atom. The Morgan fingerprint density at radius 1 is 0.794 bits per heavy atom. The second-order valence-corrected chi connectivity index (χ2v) is 11.7.